The third kappa shape index (κ3) is 3.80. The van der Waals surface area contributed by atoms with E-state index in [1.54, 1.807) is 6.20 Å². The average Bonchev–Trinajstić information content (AvgIpc) is 3.56. The molecule has 7 aromatic carbocycles. The maximum atomic E-state index is 6.37. The summed E-state index contributed by atoms with van der Waals surface area (Å²) in [4.78, 5) is 17.5. The van der Waals surface area contributed by atoms with Crippen molar-refractivity contribution >= 4 is 71.4 Å². The van der Waals surface area contributed by atoms with Gasteiger partial charge >= 0.3 is 0 Å². The highest BCUT2D eigenvalue weighted by molar-refractivity contribution is 6.21. The van der Waals surface area contributed by atoms with Crippen LogP contribution >= 0.6 is 0 Å². The molecule has 0 amide bonds. The van der Waals surface area contributed by atoms with Crippen molar-refractivity contribution in [1.82, 2.24) is 15.0 Å². The fourth-order valence-corrected chi connectivity index (χ4v) is 7.89. The molecule has 50 heavy (non-hydrogen) atoms. The molecular formula is C45H26N4O. The summed E-state index contributed by atoms with van der Waals surface area (Å²) in [5.41, 5.74) is 10.5. The molecule has 1 aliphatic heterocycles. The second-order valence-electron chi connectivity index (χ2n) is 12.8. The van der Waals surface area contributed by atoms with Crippen molar-refractivity contribution in [2.24, 2.45) is 0 Å². The molecule has 5 heteroatoms. The predicted octanol–water partition coefficient (Wildman–Crippen LogP) is 12.0. The van der Waals surface area contributed by atoms with Crippen molar-refractivity contribution in [1.29, 1.82) is 0 Å². The Balaban J connectivity index is 1.21. The summed E-state index contributed by atoms with van der Waals surface area (Å²) in [6, 6.07) is 53.3. The fourth-order valence-electron chi connectivity index (χ4n) is 7.89. The van der Waals surface area contributed by atoms with Crippen molar-refractivity contribution in [3.05, 3.63) is 158 Å². The number of pyridine rings is 1. The zero-order chi connectivity index (χ0) is 32.8. The van der Waals surface area contributed by atoms with Gasteiger partial charge in [0.1, 0.15) is 16.8 Å². The van der Waals surface area contributed by atoms with Crippen LogP contribution in [0.1, 0.15) is 0 Å². The lowest BCUT2D eigenvalue weighted by molar-refractivity contribution is 0.667. The first-order chi connectivity index (χ1) is 24.8. The normalized spacial score (nSPS) is 12.4. The topological polar surface area (TPSA) is 55.1 Å². The van der Waals surface area contributed by atoms with Gasteiger partial charge in [-0.25, -0.2) is 9.97 Å². The highest BCUT2D eigenvalue weighted by Gasteiger charge is 2.29. The van der Waals surface area contributed by atoms with Crippen molar-refractivity contribution < 1.29 is 4.42 Å². The summed E-state index contributed by atoms with van der Waals surface area (Å²) in [6.45, 7) is 0. The average molecular weight is 639 g/mol. The second kappa shape index (κ2) is 10.3. The van der Waals surface area contributed by atoms with Crippen LogP contribution in [0.25, 0.3) is 88.3 Å². The molecule has 232 valence electrons. The molecule has 0 N–H and O–H groups in total. The molecule has 0 fully saturated rings. The number of fused-ring (bicyclic) bond motifs is 8. The number of hydrogen-bond donors (Lipinski definition) is 0. The molecule has 0 saturated heterocycles. The van der Waals surface area contributed by atoms with Crippen molar-refractivity contribution in [3.63, 3.8) is 0 Å². The first-order valence-corrected chi connectivity index (χ1v) is 16.8. The van der Waals surface area contributed by atoms with Gasteiger partial charge in [0.05, 0.1) is 22.8 Å². The predicted molar refractivity (Wildman–Crippen MR) is 204 cm³/mol. The minimum Gasteiger partial charge on any atom is -0.452 e. The first-order valence-electron chi connectivity index (χ1n) is 16.8. The number of furan rings is 1. The van der Waals surface area contributed by atoms with Gasteiger partial charge in [0.25, 0.3) is 0 Å². The van der Waals surface area contributed by atoms with Crippen LogP contribution < -0.4 is 4.90 Å². The fraction of sp³-hybridized carbons (Fsp3) is 0. The van der Waals surface area contributed by atoms with E-state index in [0.717, 1.165) is 44.2 Å². The largest absolute Gasteiger partial charge is 0.452 e. The smallest absolute Gasteiger partial charge is 0.181 e. The Morgan fingerprint density at radius 2 is 1.20 bits per heavy atom. The number of aromatic nitrogens is 3. The van der Waals surface area contributed by atoms with E-state index in [0.29, 0.717) is 17.1 Å². The van der Waals surface area contributed by atoms with Gasteiger partial charge in [-0.2, -0.15) is 0 Å². The summed E-state index contributed by atoms with van der Waals surface area (Å²) in [5, 5.41) is 8.03. The zero-order valence-electron chi connectivity index (χ0n) is 26.7. The van der Waals surface area contributed by atoms with Crippen molar-refractivity contribution in [2.45, 2.75) is 0 Å². The van der Waals surface area contributed by atoms with E-state index in [4.69, 9.17) is 14.4 Å². The van der Waals surface area contributed by atoms with E-state index in [-0.39, 0.29) is 0 Å². The van der Waals surface area contributed by atoms with Crippen LogP contribution in [0.2, 0.25) is 0 Å². The molecule has 0 spiro atoms. The van der Waals surface area contributed by atoms with Crippen LogP contribution in [-0.2, 0) is 0 Å². The van der Waals surface area contributed by atoms with Gasteiger partial charge in [-0.15, -0.1) is 0 Å². The molecule has 11 rings (SSSR count). The van der Waals surface area contributed by atoms with Gasteiger partial charge in [-0.3, -0.25) is 4.98 Å². The van der Waals surface area contributed by atoms with E-state index in [9.17, 15) is 0 Å². The Hall–Kier alpha value is -6.85. The quantitative estimate of drug-likeness (QED) is 0.193. The van der Waals surface area contributed by atoms with Gasteiger partial charge in [-0.05, 0) is 58.1 Å². The third-order valence-electron chi connectivity index (χ3n) is 10.0. The SMILES string of the molecule is c1ccc(-c2nc(-c3cccc4c(N5c6c(ccc7ccccc67)-c6cccc7cccc5c67)cccc34)nc3c2oc2ccccc23)nc1. The Labute approximate surface area is 286 Å². The molecule has 1 aliphatic rings. The summed E-state index contributed by atoms with van der Waals surface area (Å²) < 4.78 is 6.37. The number of hydrogen-bond acceptors (Lipinski definition) is 5. The van der Waals surface area contributed by atoms with Crippen molar-refractivity contribution in [2.75, 3.05) is 4.90 Å². The lowest BCUT2D eigenvalue weighted by atomic mass is 9.88. The monoisotopic (exact) mass is 638 g/mol. The first kappa shape index (κ1) is 27.1. The standard InChI is InChI=1S/C45H26N4O/c1-2-14-29-27(11-1)24-25-33-32-18-7-12-28-13-8-22-38(40(28)32)49(43(29)33)37-21-10-16-30-31(37)17-9-19-34(30)45-47-41-35-15-3-4-23-39(35)50-44(41)42(48-45)36-20-5-6-26-46-36/h1-26H. The maximum absolute atomic E-state index is 6.37. The number of para-hydroxylation sites is 1. The van der Waals surface area contributed by atoms with E-state index in [2.05, 4.69) is 125 Å². The molecule has 3 aromatic heterocycles. The summed E-state index contributed by atoms with van der Waals surface area (Å²) in [7, 11) is 0. The number of benzene rings is 7. The van der Waals surface area contributed by atoms with E-state index in [1.807, 2.05) is 36.4 Å². The Morgan fingerprint density at radius 3 is 2.12 bits per heavy atom. The number of nitrogens with zero attached hydrogens (tertiary/aromatic N) is 4. The van der Waals surface area contributed by atoms with Crippen LogP contribution in [0.5, 0.6) is 0 Å². The molecule has 0 bridgehead atoms. The molecule has 4 heterocycles. The van der Waals surface area contributed by atoms with Gasteiger partial charge in [0, 0.05) is 38.9 Å². The van der Waals surface area contributed by atoms with Gasteiger partial charge in [-0.1, -0.05) is 115 Å². The van der Waals surface area contributed by atoms with Crippen LogP contribution in [0.3, 0.4) is 0 Å². The minimum atomic E-state index is 0.629. The van der Waals surface area contributed by atoms with E-state index < -0.39 is 0 Å². The van der Waals surface area contributed by atoms with Crippen LogP contribution in [0, 0.1) is 0 Å². The molecule has 0 aliphatic carbocycles. The molecular weight excluding hydrogens is 613 g/mol. The minimum absolute atomic E-state index is 0.629. The lowest BCUT2D eigenvalue weighted by Gasteiger charge is -2.35. The Morgan fingerprint density at radius 1 is 0.480 bits per heavy atom. The zero-order valence-corrected chi connectivity index (χ0v) is 26.7. The summed E-state index contributed by atoms with van der Waals surface area (Å²) in [5.74, 6) is 0.629. The highest BCUT2D eigenvalue weighted by atomic mass is 16.3. The Bertz CT molecular complexity index is 3000. The highest BCUT2D eigenvalue weighted by Crippen LogP contribution is 2.54. The lowest BCUT2D eigenvalue weighted by Crippen LogP contribution is -2.16. The molecule has 5 nitrogen and oxygen atoms in total. The maximum Gasteiger partial charge on any atom is 0.181 e. The van der Waals surface area contributed by atoms with Crippen molar-refractivity contribution in [3.8, 4) is 33.9 Å². The summed E-state index contributed by atoms with van der Waals surface area (Å²) in [6.07, 6.45) is 1.79. The molecule has 0 saturated carbocycles. The van der Waals surface area contributed by atoms with Gasteiger partial charge in [0.2, 0.25) is 0 Å². The molecule has 0 unspecified atom stereocenters. The van der Waals surface area contributed by atoms with Crippen LogP contribution in [-0.4, -0.2) is 15.0 Å². The van der Waals surface area contributed by atoms with Crippen LogP contribution in [0.4, 0.5) is 17.1 Å². The Kier molecular flexibility index (Phi) is 5.60. The van der Waals surface area contributed by atoms with Crippen LogP contribution in [0.15, 0.2) is 162 Å². The molecule has 0 radical (unpaired) electrons. The van der Waals surface area contributed by atoms with Gasteiger partial charge in [0.15, 0.2) is 11.4 Å². The van der Waals surface area contributed by atoms with E-state index >= 15 is 0 Å². The number of rotatable bonds is 3. The van der Waals surface area contributed by atoms with E-state index in [1.165, 1.54) is 44.0 Å². The number of anilines is 3. The molecule has 10 aromatic rings. The summed E-state index contributed by atoms with van der Waals surface area (Å²) >= 11 is 0. The second-order valence-corrected chi connectivity index (χ2v) is 12.8. The van der Waals surface area contributed by atoms with Gasteiger partial charge < -0.3 is 9.32 Å². The third-order valence-corrected chi connectivity index (χ3v) is 10.0. The molecule has 0 atom stereocenters.